The minimum Gasteiger partial charge on any atom is -0.355 e. The largest absolute Gasteiger partial charge is 0.355 e. The molecule has 0 spiro atoms. The molecule has 94 valence electrons. The standard InChI is InChI=1S/C14H18N4/c1-15-10-13-4-3-5-14(17-13)18(2)11-12-6-8-16-9-7-12/h3-9,15H,10-11H2,1-2H3. The van der Waals surface area contributed by atoms with Gasteiger partial charge >= 0.3 is 0 Å². The zero-order valence-electron chi connectivity index (χ0n) is 10.8. The quantitative estimate of drug-likeness (QED) is 0.868. The Labute approximate surface area is 108 Å². The Morgan fingerprint density at radius 1 is 1.17 bits per heavy atom. The topological polar surface area (TPSA) is 41.0 Å². The van der Waals surface area contributed by atoms with E-state index in [0.29, 0.717) is 0 Å². The van der Waals surface area contributed by atoms with Crippen LogP contribution >= 0.6 is 0 Å². The maximum atomic E-state index is 4.61. The molecule has 18 heavy (non-hydrogen) atoms. The van der Waals surface area contributed by atoms with Crippen molar-refractivity contribution in [2.45, 2.75) is 13.1 Å². The van der Waals surface area contributed by atoms with Gasteiger partial charge in [-0.05, 0) is 36.9 Å². The number of hydrogen-bond donors (Lipinski definition) is 1. The van der Waals surface area contributed by atoms with Crippen molar-refractivity contribution in [3.8, 4) is 0 Å². The summed E-state index contributed by atoms with van der Waals surface area (Å²) in [5.74, 6) is 0.986. The van der Waals surface area contributed by atoms with Gasteiger partial charge in [-0.1, -0.05) is 6.07 Å². The number of nitrogens with one attached hydrogen (secondary N) is 1. The van der Waals surface area contributed by atoms with Crippen molar-refractivity contribution < 1.29 is 0 Å². The predicted molar refractivity (Wildman–Crippen MR) is 73.3 cm³/mol. The van der Waals surface area contributed by atoms with Crippen molar-refractivity contribution in [1.29, 1.82) is 0 Å². The second kappa shape index (κ2) is 6.12. The Hall–Kier alpha value is -1.94. The number of aromatic nitrogens is 2. The summed E-state index contributed by atoms with van der Waals surface area (Å²) >= 11 is 0. The molecule has 1 N–H and O–H groups in total. The predicted octanol–water partition coefficient (Wildman–Crippen LogP) is 1.83. The van der Waals surface area contributed by atoms with Crippen LogP contribution in [0.15, 0.2) is 42.7 Å². The number of anilines is 1. The summed E-state index contributed by atoms with van der Waals surface area (Å²) in [5, 5.41) is 3.11. The molecule has 2 aromatic heterocycles. The SMILES string of the molecule is CNCc1cccc(N(C)Cc2ccncc2)n1. The summed E-state index contributed by atoms with van der Waals surface area (Å²) in [6.45, 7) is 1.62. The highest BCUT2D eigenvalue weighted by Crippen LogP contribution is 2.12. The molecule has 0 atom stereocenters. The van der Waals surface area contributed by atoms with Crippen LogP contribution in [-0.4, -0.2) is 24.1 Å². The Kier molecular flexibility index (Phi) is 4.25. The van der Waals surface area contributed by atoms with Gasteiger partial charge in [-0.2, -0.15) is 0 Å². The fraction of sp³-hybridized carbons (Fsp3) is 0.286. The van der Waals surface area contributed by atoms with Gasteiger partial charge in [0.05, 0.1) is 5.69 Å². The molecule has 0 radical (unpaired) electrons. The normalized spacial score (nSPS) is 10.3. The van der Waals surface area contributed by atoms with Crippen molar-refractivity contribution in [2.75, 3.05) is 19.0 Å². The van der Waals surface area contributed by atoms with E-state index in [1.54, 1.807) is 0 Å². The van der Waals surface area contributed by atoms with E-state index in [0.717, 1.165) is 24.6 Å². The van der Waals surface area contributed by atoms with E-state index in [9.17, 15) is 0 Å². The third-order valence-electron chi connectivity index (χ3n) is 2.71. The van der Waals surface area contributed by atoms with E-state index in [4.69, 9.17) is 0 Å². The average Bonchev–Trinajstić information content (AvgIpc) is 2.40. The Morgan fingerprint density at radius 3 is 2.67 bits per heavy atom. The van der Waals surface area contributed by atoms with Gasteiger partial charge in [0, 0.05) is 32.5 Å². The highest BCUT2D eigenvalue weighted by molar-refractivity contribution is 5.39. The van der Waals surface area contributed by atoms with Gasteiger partial charge in [0.15, 0.2) is 0 Å². The fourth-order valence-electron chi connectivity index (χ4n) is 1.80. The number of nitrogens with zero attached hydrogens (tertiary/aromatic N) is 3. The second-order valence-corrected chi connectivity index (χ2v) is 4.23. The molecule has 4 heteroatoms. The molecule has 2 heterocycles. The molecular weight excluding hydrogens is 224 g/mol. The average molecular weight is 242 g/mol. The van der Waals surface area contributed by atoms with Crippen LogP contribution < -0.4 is 10.2 Å². The third kappa shape index (κ3) is 3.28. The van der Waals surface area contributed by atoms with Crippen LogP contribution in [0.3, 0.4) is 0 Å². The van der Waals surface area contributed by atoms with Gasteiger partial charge in [-0.15, -0.1) is 0 Å². The van der Waals surface area contributed by atoms with E-state index < -0.39 is 0 Å². The molecule has 0 unspecified atom stereocenters. The molecule has 2 rings (SSSR count). The molecule has 0 aliphatic carbocycles. The van der Waals surface area contributed by atoms with E-state index in [1.807, 2.05) is 56.8 Å². The van der Waals surface area contributed by atoms with Gasteiger partial charge in [0.1, 0.15) is 5.82 Å². The van der Waals surface area contributed by atoms with Gasteiger partial charge in [0.25, 0.3) is 0 Å². The van der Waals surface area contributed by atoms with Crippen LogP contribution in [0.2, 0.25) is 0 Å². The Balaban J connectivity index is 2.08. The van der Waals surface area contributed by atoms with Crippen molar-refractivity contribution >= 4 is 5.82 Å². The van der Waals surface area contributed by atoms with E-state index in [2.05, 4.69) is 20.2 Å². The maximum Gasteiger partial charge on any atom is 0.128 e. The summed E-state index contributed by atoms with van der Waals surface area (Å²) in [5.41, 5.74) is 2.28. The molecule has 0 fully saturated rings. The Bertz CT molecular complexity index is 484. The van der Waals surface area contributed by atoms with E-state index in [1.165, 1.54) is 5.56 Å². The maximum absolute atomic E-state index is 4.61. The second-order valence-electron chi connectivity index (χ2n) is 4.23. The van der Waals surface area contributed by atoms with Crippen molar-refractivity contribution in [3.63, 3.8) is 0 Å². The van der Waals surface area contributed by atoms with Crippen LogP contribution in [0.25, 0.3) is 0 Å². The minimum atomic E-state index is 0.789. The lowest BCUT2D eigenvalue weighted by Gasteiger charge is -2.18. The smallest absolute Gasteiger partial charge is 0.128 e. The molecule has 0 amide bonds. The molecule has 0 aliphatic heterocycles. The zero-order chi connectivity index (χ0) is 12.8. The van der Waals surface area contributed by atoms with Gasteiger partial charge in [-0.3, -0.25) is 4.98 Å². The van der Waals surface area contributed by atoms with Crippen LogP contribution in [0, 0.1) is 0 Å². The fourth-order valence-corrected chi connectivity index (χ4v) is 1.80. The molecule has 0 bridgehead atoms. The molecular formula is C14H18N4. The lowest BCUT2D eigenvalue weighted by Crippen LogP contribution is -2.18. The first kappa shape index (κ1) is 12.5. The first-order valence-electron chi connectivity index (χ1n) is 6.00. The van der Waals surface area contributed by atoms with Crippen LogP contribution in [0.1, 0.15) is 11.3 Å². The summed E-state index contributed by atoms with van der Waals surface area (Å²) in [4.78, 5) is 10.8. The van der Waals surface area contributed by atoms with Gasteiger partial charge in [0.2, 0.25) is 0 Å². The lowest BCUT2D eigenvalue weighted by molar-refractivity contribution is 0.783. The number of pyridine rings is 2. The summed E-state index contributed by atoms with van der Waals surface area (Å²) < 4.78 is 0. The minimum absolute atomic E-state index is 0.789. The van der Waals surface area contributed by atoms with Crippen LogP contribution in [0.5, 0.6) is 0 Å². The highest BCUT2D eigenvalue weighted by Gasteiger charge is 2.04. The lowest BCUT2D eigenvalue weighted by atomic mass is 10.2. The third-order valence-corrected chi connectivity index (χ3v) is 2.71. The van der Waals surface area contributed by atoms with E-state index in [-0.39, 0.29) is 0 Å². The molecule has 0 saturated carbocycles. The van der Waals surface area contributed by atoms with Gasteiger partial charge < -0.3 is 10.2 Å². The number of rotatable bonds is 5. The first-order chi connectivity index (χ1) is 8.79. The summed E-state index contributed by atoms with van der Waals surface area (Å²) in [6, 6.07) is 10.1. The van der Waals surface area contributed by atoms with Crippen LogP contribution in [-0.2, 0) is 13.1 Å². The molecule has 0 aromatic carbocycles. The first-order valence-corrected chi connectivity index (χ1v) is 6.00. The van der Waals surface area contributed by atoms with Crippen LogP contribution in [0.4, 0.5) is 5.82 Å². The molecule has 2 aromatic rings. The molecule has 4 nitrogen and oxygen atoms in total. The summed E-state index contributed by atoms with van der Waals surface area (Å²) in [7, 11) is 3.97. The van der Waals surface area contributed by atoms with Crippen molar-refractivity contribution in [2.24, 2.45) is 0 Å². The summed E-state index contributed by atoms with van der Waals surface area (Å²) in [6.07, 6.45) is 3.63. The molecule has 0 saturated heterocycles. The van der Waals surface area contributed by atoms with Crippen molar-refractivity contribution in [3.05, 3.63) is 54.0 Å². The van der Waals surface area contributed by atoms with Gasteiger partial charge in [-0.25, -0.2) is 4.98 Å². The van der Waals surface area contributed by atoms with E-state index >= 15 is 0 Å². The number of hydrogen-bond acceptors (Lipinski definition) is 4. The van der Waals surface area contributed by atoms with Crippen molar-refractivity contribution in [1.82, 2.24) is 15.3 Å². The Morgan fingerprint density at radius 2 is 1.94 bits per heavy atom. The monoisotopic (exact) mass is 242 g/mol. The molecule has 0 aliphatic rings. The highest BCUT2D eigenvalue weighted by atomic mass is 15.2. The zero-order valence-corrected chi connectivity index (χ0v) is 10.8.